The molecule has 0 radical (unpaired) electrons. The van der Waals surface area contributed by atoms with E-state index in [0.717, 1.165) is 35.9 Å². The van der Waals surface area contributed by atoms with E-state index >= 15 is 0 Å². The summed E-state index contributed by atoms with van der Waals surface area (Å²) in [6, 6.07) is 7.87. The first kappa shape index (κ1) is 14.1. The second kappa shape index (κ2) is 5.53. The summed E-state index contributed by atoms with van der Waals surface area (Å²) in [6.07, 6.45) is 5.01. The van der Waals surface area contributed by atoms with Gasteiger partial charge in [-0.25, -0.2) is 9.67 Å². The molecule has 1 aromatic carbocycles. The Balaban J connectivity index is 2.02. The largest absolute Gasteiger partial charge is 0.495 e. The lowest BCUT2D eigenvalue weighted by Crippen LogP contribution is -2.14. The van der Waals surface area contributed by atoms with Crippen molar-refractivity contribution in [1.29, 1.82) is 0 Å². The minimum atomic E-state index is 0.0215. The number of halogens is 1. The predicted molar refractivity (Wildman–Crippen MR) is 82.7 cm³/mol. The van der Waals surface area contributed by atoms with Crippen LogP contribution in [-0.4, -0.2) is 21.4 Å². The SMILES string of the molecule is CC1(C)CCOC1=C(Cc1ccc(Cl)cc1)n1cncn1. The van der Waals surface area contributed by atoms with Crippen molar-refractivity contribution >= 4 is 17.3 Å². The van der Waals surface area contributed by atoms with Gasteiger partial charge in [0.05, 0.1) is 12.3 Å². The number of rotatable bonds is 3. The molecular formula is C16H18ClN3O. The quantitative estimate of drug-likeness (QED) is 0.866. The van der Waals surface area contributed by atoms with Crippen molar-refractivity contribution in [3.63, 3.8) is 0 Å². The van der Waals surface area contributed by atoms with E-state index in [0.29, 0.717) is 0 Å². The normalized spacial score (nSPS) is 19.4. The third-order valence-corrected chi connectivity index (χ3v) is 4.08. The molecule has 0 aliphatic carbocycles. The molecule has 0 amide bonds. The zero-order valence-electron chi connectivity index (χ0n) is 12.2. The molecule has 0 N–H and O–H groups in total. The fraction of sp³-hybridized carbons (Fsp3) is 0.375. The van der Waals surface area contributed by atoms with E-state index in [2.05, 4.69) is 23.9 Å². The van der Waals surface area contributed by atoms with E-state index in [9.17, 15) is 0 Å². The first-order valence-corrected chi connectivity index (χ1v) is 7.40. The highest BCUT2D eigenvalue weighted by atomic mass is 35.5. The molecule has 0 bridgehead atoms. The average Bonchev–Trinajstić information content (AvgIpc) is 3.08. The molecule has 4 nitrogen and oxygen atoms in total. The van der Waals surface area contributed by atoms with Crippen molar-refractivity contribution in [2.45, 2.75) is 26.7 Å². The molecule has 1 saturated heterocycles. The predicted octanol–water partition coefficient (Wildman–Crippen LogP) is 3.79. The molecule has 5 heteroatoms. The molecule has 110 valence electrons. The molecular weight excluding hydrogens is 286 g/mol. The molecule has 1 aliphatic heterocycles. The van der Waals surface area contributed by atoms with Gasteiger partial charge in [0.2, 0.25) is 0 Å². The second-order valence-electron chi connectivity index (χ2n) is 5.90. The van der Waals surface area contributed by atoms with Gasteiger partial charge in [0.1, 0.15) is 18.4 Å². The minimum Gasteiger partial charge on any atom is -0.495 e. The summed E-state index contributed by atoms with van der Waals surface area (Å²) in [4.78, 5) is 4.06. The van der Waals surface area contributed by atoms with Crippen LogP contribution in [0.25, 0.3) is 5.70 Å². The Hall–Kier alpha value is -1.81. The fourth-order valence-corrected chi connectivity index (χ4v) is 2.73. The molecule has 0 spiro atoms. The van der Waals surface area contributed by atoms with Gasteiger partial charge in [-0.05, 0) is 24.1 Å². The molecule has 2 aromatic rings. The molecule has 1 aliphatic rings. The van der Waals surface area contributed by atoms with Gasteiger partial charge >= 0.3 is 0 Å². The molecule has 1 aromatic heterocycles. The van der Waals surface area contributed by atoms with Crippen LogP contribution >= 0.6 is 11.6 Å². The maximum Gasteiger partial charge on any atom is 0.138 e. The first-order valence-electron chi connectivity index (χ1n) is 7.02. The second-order valence-corrected chi connectivity index (χ2v) is 6.34. The number of benzene rings is 1. The van der Waals surface area contributed by atoms with Crippen molar-refractivity contribution in [2.24, 2.45) is 5.41 Å². The number of ether oxygens (including phenoxy) is 1. The summed E-state index contributed by atoms with van der Waals surface area (Å²) in [7, 11) is 0. The molecule has 0 unspecified atom stereocenters. The van der Waals surface area contributed by atoms with Crippen molar-refractivity contribution in [3.05, 3.63) is 53.3 Å². The lowest BCUT2D eigenvalue weighted by molar-refractivity contribution is 0.249. The van der Waals surface area contributed by atoms with E-state index in [-0.39, 0.29) is 5.41 Å². The Kier molecular flexibility index (Phi) is 3.72. The zero-order chi connectivity index (χ0) is 14.9. The van der Waals surface area contributed by atoms with Crippen LogP contribution in [0.4, 0.5) is 0 Å². The summed E-state index contributed by atoms with van der Waals surface area (Å²) in [6.45, 7) is 5.16. The molecule has 0 atom stereocenters. The Labute approximate surface area is 129 Å². The lowest BCUT2D eigenvalue weighted by atomic mass is 9.87. The van der Waals surface area contributed by atoms with Crippen LogP contribution < -0.4 is 0 Å². The Morgan fingerprint density at radius 3 is 2.67 bits per heavy atom. The van der Waals surface area contributed by atoms with Crippen LogP contribution in [0.3, 0.4) is 0 Å². The molecule has 21 heavy (non-hydrogen) atoms. The van der Waals surface area contributed by atoms with Gasteiger partial charge in [-0.1, -0.05) is 37.6 Å². The minimum absolute atomic E-state index is 0.0215. The third-order valence-electron chi connectivity index (χ3n) is 3.83. The van der Waals surface area contributed by atoms with Crippen molar-refractivity contribution in [3.8, 4) is 0 Å². The number of hydrogen-bond acceptors (Lipinski definition) is 3. The van der Waals surface area contributed by atoms with Crippen LogP contribution in [-0.2, 0) is 11.2 Å². The Morgan fingerprint density at radius 2 is 2.10 bits per heavy atom. The van der Waals surface area contributed by atoms with Gasteiger partial charge in [-0.2, -0.15) is 5.10 Å². The highest BCUT2D eigenvalue weighted by Gasteiger charge is 2.34. The highest BCUT2D eigenvalue weighted by Crippen LogP contribution is 2.40. The monoisotopic (exact) mass is 303 g/mol. The van der Waals surface area contributed by atoms with Crippen LogP contribution in [0.1, 0.15) is 25.8 Å². The van der Waals surface area contributed by atoms with Gasteiger partial charge in [0, 0.05) is 16.9 Å². The van der Waals surface area contributed by atoms with Crippen LogP contribution in [0.5, 0.6) is 0 Å². The van der Waals surface area contributed by atoms with E-state index in [1.165, 1.54) is 5.56 Å². The number of aromatic nitrogens is 3. The van der Waals surface area contributed by atoms with Gasteiger partial charge in [0.25, 0.3) is 0 Å². The first-order chi connectivity index (χ1) is 10.1. The topological polar surface area (TPSA) is 39.9 Å². The maximum absolute atomic E-state index is 5.96. The van der Waals surface area contributed by atoms with Crippen LogP contribution in [0.15, 0.2) is 42.7 Å². The van der Waals surface area contributed by atoms with Gasteiger partial charge < -0.3 is 4.74 Å². The summed E-state index contributed by atoms with van der Waals surface area (Å²) >= 11 is 5.96. The molecule has 0 saturated carbocycles. The van der Waals surface area contributed by atoms with Crippen LogP contribution in [0, 0.1) is 5.41 Å². The summed E-state index contributed by atoms with van der Waals surface area (Å²) in [5, 5.41) is 5.02. The van der Waals surface area contributed by atoms with E-state index in [1.807, 2.05) is 24.3 Å². The molecule has 3 rings (SSSR count). The van der Waals surface area contributed by atoms with Crippen molar-refractivity contribution in [1.82, 2.24) is 14.8 Å². The summed E-state index contributed by atoms with van der Waals surface area (Å²) in [5.74, 6) is 1.00. The maximum atomic E-state index is 5.96. The standard InChI is InChI=1S/C16H18ClN3O/c1-16(2)7-8-21-15(16)14(20-11-18-10-19-20)9-12-3-5-13(17)6-4-12/h3-6,10-11H,7-9H2,1-2H3. The number of hydrogen-bond donors (Lipinski definition) is 0. The summed E-state index contributed by atoms with van der Waals surface area (Å²) in [5.41, 5.74) is 2.23. The average molecular weight is 304 g/mol. The third kappa shape index (κ3) is 2.95. The Morgan fingerprint density at radius 1 is 1.33 bits per heavy atom. The number of allylic oxidation sites excluding steroid dienone is 2. The molecule has 2 heterocycles. The fourth-order valence-electron chi connectivity index (χ4n) is 2.60. The van der Waals surface area contributed by atoms with Crippen LogP contribution in [0.2, 0.25) is 5.02 Å². The zero-order valence-corrected chi connectivity index (χ0v) is 13.0. The van der Waals surface area contributed by atoms with E-state index in [4.69, 9.17) is 16.3 Å². The molecule has 1 fully saturated rings. The van der Waals surface area contributed by atoms with E-state index in [1.54, 1.807) is 17.3 Å². The number of nitrogens with zero attached hydrogens (tertiary/aromatic N) is 3. The van der Waals surface area contributed by atoms with Gasteiger partial charge in [-0.15, -0.1) is 0 Å². The summed E-state index contributed by atoms with van der Waals surface area (Å²) < 4.78 is 7.72. The van der Waals surface area contributed by atoms with Crippen molar-refractivity contribution < 1.29 is 4.74 Å². The lowest BCUT2D eigenvalue weighted by Gasteiger charge is -2.21. The van der Waals surface area contributed by atoms with E-state index < -0.39 is 0 Å². The van der Waals surface area contributed by atoms with Gasteiger partial charge in [-0.3, -0.25) is 0 Å². The Bertz CT molecular complexity index is 645. The highest BCUT2D eigenvalue weighted by molar-refractivity contribution is 6.30. The van der Waals surface area contributed by atoms with Gasteiger partial charge in [0.15, 0.2) is 0 Å². The van der Waals surface area contributed by atoms with Crippen molar-refractivity contribution in [2.75, 3.05) is 6.61 Å². The smallest absolute Gasteiger partial charge is 0.138 e.